The summed E-state index contributed by atoms with van der Waals surface area (Å²) < 4.78 is 24.9. The Morgan fingerprint density at radius 3 is 2.62 bits per heavy atom. The summed E-state index contributed by atoms with van der Waals surface area (Å²) in [5.41, 5.74) is 3.17. The molecule has 1 fully saturated rings. The van der Waals surface area contributed by atoms with Crippen molar-refractivity contribution in [2.75, 3.05) is 13.2 Å². The molecule has 1 heterocycles. The van der Waals surface area contributed by atoms with Crippen molar-refractivity contribution in [3.8, 4) is 5.75 Å². The van der Waals surface area contributed by atoms with Gasteiger partial charge in [0.2, 0.25) is 0 Å². The van der Waals surface area contributed by atoms with Gasteiger partial charge in [0.15, 0.2) is 0 Å². The quantitative estimate of drug-likeness (QED) is 0.368. The molecule has 4 rings (SSSR count). The van der Waals surface area contributed by atoms with Crippen molar-refractivity contribution in [1.82, 2.24) is 5.32 Å². The molecule has 2 N–H and O–H groups in total. The van der Waals surface area contributed by atoms with Crippen LogP contribution < -0.4 is 10.1 Å². The summed E-state index contributed by atoms with van der Waals surface area (Å²) in [6.07, 6.45) is 1.34. The summed E-state index contributed by atoms with van der Waals surface area (Å²) in [6.45, 7) is 3.10. The van der Waals surface area contributed by atoms with Gasteiger partial charge in [0, 0.05) is 31.3 Å². The molecule has 6 nitrogen and oxygen atoms in total. The third kappa shape index (κ3) is 6.67. The molecule has 1 aliphatic heterocycles. The number of aliphatic carboxylic acids is 1. The highest BCUT2D eigenvalue weighted by atomic mass is 35.5. The van der Waals surface area contributed by atoms with Crippen LogP contribution in [0.15, 0.2) is 60.7 Å². The first-order valence-corrected chi connectivity index (χ1v) is 12.5. The van der Waals surface area contributed by atoms with Crippen LogP contribution in [0, 0.1) is 12.7 Å². The number of amides is 1. The van der Waals surface area contributed by atoms with Crippen LogP contribution in [0.1, 0.15) is 51.9 Å². The third-order valence-corrected chi connectivity index (χ3v) is 6.90. The van der Waals surface area contributed by atoms with Crippen molar-refractivity contribution >= 4 is 23.5 Å². The first-order chi connectivity index (χ1) is 17.8. The SMILES string of the molecule is Cc1cccc(C2(NC(=O)c3cc(COc4cc(F)ccc4Cl)ccc3CCC(=O)O)CCOCC2)c1. The number of hydrogen-bond donors (Lipinski definition) is 2. The molecule has 0 radical (unpaired) electrons. The van der Waals surface area contributed by atoms with Gasteiger partial charge in [-0.05, 0) is 61.1 Å². The fourth-order valence-corrected chi connectivity index (χ4v) is 4.74. The summed E-state index contributed by atoms with van der Waals surface area (Å²) in [5.74, 6) is -1.51. The van der Waals surface area contributed by atoms with E-state index < -0.39 is 17.3 Å². The molecule has 0 bridgehead atoms. The predicted octanol–water partition coefficient (Wildman–Crippen LogP) is 5.82. The van der Waals surface area contributed by atoms with Crippen LogP contribution in [0.2, 0.25) is 5.02 Å². The molecular formula is C29H29ClFNO5. The van der Waals surface area contributed by atoms with Crippen molar-refractivity contribution in [1.29, 1.82) is 0 Å². The van der Waals surface area contributed by atoms with E-state index in [0.29, 0.717) is 42.7 Å². The number of carbonyl (C=O) groups excluding carboxylic acids is 1. The normalized spacial score (nSPS) is 14.7. The van der Waals surface area contributed by atoms with Gasteiger partial charge in [-0.1, -0.05) is 53.6 Å². The Balaban J connectivity index is 1.63. The average molecular weight is 526 g/mol. The zero-order valence-corrected chi connectivity index (χ0v) is 21.3. The maximum atomic E-state index is 13.8. The summed E-state index contributed by atoms with van der Waals surface area (Å²) in [7, 11) is 0. The lowest BCUT2D eigenvalue weighted by Crippen LogP contribution is -2.49. The van der Waals surface area contributed by atoms with Gasteiger partial charge in [0.05, 0.1) is 10.6 Å². The minimum Gasteiger partial charge on any atom is -0.487 e. The van der Waals surface area contributed by atoms with E-state index in [2.05, 4.69) is 11.4 Å². The lowest BCUT2D eigenvalue weighted by molar-refractivity contribution is -0.136. The zero-order chi connectivity index (χ0) is 26.4. The second-order valence-electron chi connectivity index (χ2n) is 9.27. The second-order valence-corrected chi connectivity index (χ2v) is 9.67. The Labute approximate surface area is 220 Å². The molecule has 1 aliphatic rings. The smallest absolute Gasteiger partial charge is 0.303 e. The van der Waals surface area contributed by atoms with Crippen LogP contribution in [0.5, 0.6) is 5.75 Å². The Bertz CT molecular complexity index is 1290. The van der Waals surface area contributed by atoms with E-state index >= 15 is 0 Å². The molecule has 0 unspecified atom stereocenters. The van der Waals surface area contributed by atoms with Gasteiger partial charge in [-0.3, -0.25) is 9.59 Å². The highest BCUT2D eigenvalue weighted by Gasteiger charge is 2.36. The van der Waals surface area contributed by atoms with E-state index in [-0.39, 0.29) is 36.1 Å². The van der Waals surface area contributed by atoms with Gasteiger partial charge in [-0.2, -0.15) is 0 Å². The van der Waals surface area contributed by atoms with Crippen molar-refractivity contribution in [3.63, 3.8) is 0 Å². The van der Waals surface area contributed by atoms with Crippen LogP contribution in [0.3, 0.4) is 0 Å². The molecule has 8 heteroatoms. The molecule has 1 saturated heterocycles. The summed E-state index contributed by atoms with van der Waals surface area (Å²) in [5, 5.41) is 12.8. The van der Waals surface area contributed by atoms with Crippen molar-refractivity contribution in [2.45, 2.75) is 44.8 Å². The molecule has 1 amide bonds. The lowest BCUT2D eigenvalue weighted by Gasteiger charge is -2.39. The highest BCUT2D eigenvalue weighted by Crippen LogP contribution is 2.33. The van der Waals surface area contributed by atoms with Crippen LogP contribution in [-0.4, -0.2) is 30.2 Å². The van der Waals surface area contributed by atoms with E-state index in [9.17, 15) is 19.1 Å². The van der Waals surface area contributed by atoms with Crippen molar-refractivity contribution < 1.29 is 28.6 Å². The first kappa shape index (κ1) is 26.6. The maximum Gasteiger partial charge on any atom is 0.303 e. The fourth-order valence-electron chi connectivity index (χ4n) is 4.57. The molecule has 0 aliphatic carbocycles. The number of carboxylic acids is 1. The summed E-state index contributed by atoms with van der Waals surface area (Å²) >= 11 is 6.11. The van der Waals surface area contributed by atoms with E-state index in [1.165, 1.54) is 18.2 Å². The Hall–Kier alpha value is -3.42. The number of aryl methyl sites for hydroxylation is 2. The minimum atomic E-state index is -0.944. The third-order valence-electron chi connectivity index (χ3n) is 6.58. The molecule has 0 saturated carbocycles. The number of carboxylic acid groups (broad SMARTS) is 1. The Kier molecular flexibility index (Phi) is 8.46. The summed E-state index contributed by atoms with van der Waals surface area (Å²) in [4.78, 5) is 25.0. The topological polar surface area (TPSA) is 84.9 Å². The highest BCUT2D eigenvalue weighted by molar-refractivity contribution is 6.32. The summed E-state index contributed by atoms with van der Waals surface area (Å²) in [6, 6.07) is 17.1. The molecule has 0 atom stereocenters. The van der Waals surface area contributed by atoms with Gasteiger partial charge in [-0.25, -0.2) is 4.39 Å². The maximum absolute atomic E-state index is 13.8. The van der Waals surface area contributed by atoms with Gasteiger partial charge < -0.3 is 19.9 Å². The number of hydrogen-bond acceptors (Lipinski definition) is 4. The molecule has 0 aromatic heterocycles. The van der Waals surface area contributed by atoms with Crippen LogP contribution in [0.25, 0.3) is 0 Å². The number of nitrogens with one attached hydrogen (secondary N) is 1. The average Bonchev–Trinajstić information content (AvgIpc) is 2.88. The number of ether oxygens (including phenoxy) is 2. The predicted molar refractivity (Wildman–Crippen MR) is 139 cm³/mol. The monoisotopic (exact) mass is 525 g/mol. The van der Waals surface area contributed by atoms with E-state index in [1.807, 2.05) is 25.1 Å². The number of rotatable bonds is 9. The van der Waals surface area contributed by atoms with Crippen LogP contribution in [-0.2, 0) is 28.1 Å². The molecule has 3 aromatic rings. The Morgan fingerprint density at radius 2 is 1.89 bits per heavy atom. The van der Waals surface area contributed by atoms with E-state index in [0.717, 1.165) is 11.1 Å². The largest absolute Gasteiger partial charge is 0.487 e. The van der Waals surface area contributed by atoms with Crippen LogP contribution in [0.4, 0.5) is 4.39 Å². The Morgan fingerprint density at radius 1 is 1.11 bits per heavy atom. The number of benzene rings is 3. The van der Waals surface area contributed by atoms with Crippen molar-refractivity contribution in [2.24, 2.45) is 0 Å². The van der Waals surface area contributed by atoms with Gasteiger partial charge in [-0.15, -0.1) is 0 Å². The van der Waals surface area contributed by atoms with Gasteiger partial charge in [0.1, 0.15) is 18.2 Å². The second kappa shape index (κ2) is 11.8. The minimum absolute atomic E-state index is 0.0551. The first-order valence-electron chi connectivity index (χ1n) is 12.1. The fraction of sp³-hybridized carbons (Fsp3) is 0.310. The standard InChI is InChI=1S/C29H29ClFNO5/c1-19-3-2-4-22(15-19)29(11-13-36-14-12-29)32-28(35)24-16-20(5-6-21(24)7-10-27(33)34)18-37-26-17-23(31)8-9-25(26)30/h2-6,8-9,15-17H,7,10-14,18H2,1H3,(H,32,35)(H,33,34). The molecule has 0 spiro atoms. The number of halogens is 2. The van der Waals surface area contributed by atoms with E-state index in [1.54, 1.807) is 18.2 Å². The lowest BCUT2D eigenvalue weighted by atomic mass is 9.81. The van der Waals surface area contributed by atoms with E-state index in [4.69, 9.17) is 21.1 Å². The van der Waals surface area contributed by atoms with Crippen molar-refractivity contribution in [3.05, 3.63) is 99.3 Å². The molecule has 3 aromatic carbocycles. The zero-order valence-electron chi connectivity index (χ0n) is 20.6. The van der Waals surface area contributed by atoms with Gasteiger partial charge >= 0.3 is 5.97 Å². The number of carbonyl (C=O) groups is 2. The molecule has 194 valence electrons. The van der Waals surface area contributed by atoms with Crippen LogP contribution >= 0.6 is 11.6 Å². The molecular weight excluding hydrogens is 497 g/mol. The van der Waals surface area contributed by atoms with Gasteiger partial charge in [0.25, 0.3) is 5.91 Å². The molecule has 37 heavy (non-hydrogen) atoms.